The molecule has 3 N–H and O–H groups in total. The second-order valence-electron chi connectivity index (χ2n) is 4.74. The SMILES string of the molecule is Cc1ncc(C[n+]2csc(CCOP(=O)([O-])O)c2C)c(N)n1.Cl. The number of aromatic nitrogens is 3. The zero-order valence-corrected chi connectivity index (χ0v) is 15.2. The molecule has 0 bridgehead atoms. The number of hydrogen-bond donors (Lipinski definition) is 2. The summed E-state index contributed by atoms with van der Waals surface area (Å²) in [6.07, 6.45) is 2.10. The third kappa shape index (κ3) is 5.80. The number of halogens is 1. The number of phosphoric ester groups is 1. The Morgan fingerprint density at radius 2 is 2.22 bits per heavy atom. The van der Waals surface area contributed by atoms with Crippen molar-refractivity contribution in [2.45, 2.75) is 26.8 Å². The molecule has 0 aromatic carbocycles. The van der Waals surface area contributed by atoms with Gasteiger partial charge in [-0.3, -0.25) is 4.57 Å². The predicted molar refractivity (Wildman–Crippen MR) is 86.3 cm³/mol. The van der Waals surface area contributed by atoms with Crippen LogP contribution in [0.15, 0.2) is 11.7 Å². The standard InChI is InChI=1S/C12H17N4O4PS.ClH/c1-8-11(3-4-20-21(17,18)19)22-7-16(8)6-10-5-14-9(2)15-12(10)13;/h5,7H,3-4,6H2,1-2H3,(H3-,13,14,15,17,18,19);1H. The van der Waals surface area contributed by atoms with Crippen molar-refractivity contribution in [2.75, 3.05) is 12.3 Å². The lowest BCUT2D eigenvalue weighted by Gasteiger charge is -2.14. The number of nitrogen functional groups attached to an aromatic ring is 1. The largest absolute Gasteiger partial charge is 0.756 e. The van der Waals surface area contributed by atoms with Crippen LogP contribution in [0.3, 0.4) is 0 Å². The lowest BCUT2D eigenvalue weighted by Crippen LogP contribution is -2.35. The molecule has 0 aliphatic heterocycles. The van der Waals surface area contributed by atoms with Crippen LogP contribution >= 0.6 is 31.6 Å². The lowest BCUT2D eigenvalue weighted by molar-refractivity contribution is -0.689. The first-order valence-electron chi connectivity index (χ1n) is 6.49. The average molecular weight is 381 g/mol. The Morgan fingerprint density at radius 3 is 2.83 bits per heavy atom. The van der Waals surface area contributed by atoms with Gasteiger partial charge in [0.2, 0.25) is 5.51 Å². The normalized spacial score (nSPS) is 13.4. The molecule has 23 heavy (non-hydrogen) atoms. The maximum atomic E-state index is 10.5. The second-order valence-corrected chi connectivity index (χ2v) is 6.87. The van der Waals surface area contributed by atoms with E-state index in [4.69, 9.17) is 10.6 Å². The molecule has 0 saturated heterocycles. The molecule has 1 unspecified atom stereocenters. The minimum Gasteiger partial charge on any atom is -0.756 e. The minimum absolute atomic E-state index is 0. The van der Waals surface area contributed by atoms with Crippen molar-refractivity contribution < 1.29 is 23.4 Å². The maximum Gasteiger partial charge on any atom is 0.265 e. The number of phosphoric acid groups is 1. The molecule has 2 aromatic rings. The van der Waals surface area contributed by atoms with Crippen molar-refractivity contribution in [3.63, 3.8) is 0 Å². The fourth-order valence-corrected chi connectivity index (χ4v) is 3.22. The molecule has 2 aromatic heterocycles. The van der Waals surface area contributed by atoms with Crippen molar-refractivity contribution in [1.82, 2.24) is 9.97 Å². The van der Waals surface area contributed by atoms with Gasteiger partial charge in [0.25, 0.3) is 7.82 Å². The van der Waals surface area contributed by atoms with Gasteiger partial charge >= 0.3 is 0 Å². The molecule has 2 rings (SSSR count). The Morgan fingerprint density at radius 1 is 1.52 bits per heavy atom. The molecule has 0 saturated carbocycles. The summed E-state index contributed by atoms with van der Waals surface area (Å²) in [5.74, 6) is 1.07. The molecule has 1 atom stereocenters. The fourth-order valence-electron chi connectivity index (χ4n) is 1.92. The molecule has 2 heterocycles. The van der Waals surface area contributed by atoms with Gasteiger partial charge in [-0.15, -0.1) is 12.4 Å². The number of nitrogens with zero attached hydrogens (tertiary/aromatic N) is 3. The van der Waals surface area contributed by atoms with Crippen molar-refractivity contribution in [1.29, 1.82) is 0 Å². The van der Waals surface area contributed by atoms with Crippen LogP contribution in [-0.4, -0.2) is 21.5 Å². The first-order chi connectivity index (χ1) is 10.3. The van der Waals surface area contributed by atoms with Gasteiger partial charge in [0.05, 0.1) is 17.0 Å². The summed E-state index contributed by atoms with van der Waals surface area (Å²) in [7, 11) is -4.66. The minimum atomic E-state index is -4.66. The number of hydrogen-bond acceptors (Lipinski definition) is 7. The number of rotatable bonds is 6. The Bertz CT molecular complexity index is 721. The first-order valence-corrected chi connectivity index (χ1v) is 8.86. The Labute approximate surface area is 144 Å². The van der Waals surface area contributed by atoms with Crippen molar-refractivity contribution >= 4 is 37.4 Å². The van der Waals surface area contributed by atoms with E-state index < -0.39 is 7.82 Å². The molecule has 0 fully saturated rings. The molecule has 11 heteroatoms. The van der Waals surface area contributed by atoms with E-state index in [2.05, 4.69) is 14.5 Å². The van der Waals surface area contributed by atoms with E-state index in [0.29, 0.717) is 24.6 Å². The molecule has 0 amide bonds. The van der Waals surface area contributed by atoms with E-state index in [9.17, 15) is 9.46 Å². The van der Waals surface area contributed by atoms with E-state index in [1.54, 1.807) is 13.1 Å². The maximum absolute atomic E-state index is 10.5. The topological polar surface area (TPSA) is 125 Å². The van der Waals surface area contributed by atoms with Crippen LogP contribution in [-0.2, 0) is 22.1 Å². The Kier molecular flexibility index (Phi) is 7.06. The second kappa shape index (κ2) is 8.14. The van der Waals surface area contributed by atoms with Crippen molar-refractivity contribution in [3.05, 3.63) is 33.7 Å². The van der Waals surface area contributed by atoms with Crippen LogP contribution in [0.2, 0.25) is 0 Å². The van der Waals surface area contributed by atoms with E-state index in [1.807, 2.05) is 17.0 Å². The van der Waals surface area contributed by atoms with E-state index in [-0.39, 0.29) is 19.0 Å². The zero-order chi connectivity index (χ0) is 16.3. The monoisotopic (exact) mass is 380 g/mol. The summed E-state index contributed by atoms with van der Waals surface area (Å²) in [6, 6.07) is 0. The highest BCUT2D eigenvalue weighted by atomic mass is 35.5. The van der Waals surface area contributed by atoms with Crippen LogP contribution in [0.1, 0.15) is 22.0 Å². The third-order valence-electron chi connectivity index (χ3n) is 3.10. The molecule has 0 aliphatic rings. The number of nitrogens with two attached hydrogens (primary N) is 1. The highest BCUT2D eigenvalue weighted by molar-refractivity contribution is 7.44. The number of thiazole rings is 1. The third-order valence-corrected chi connectivity index (χ3v) is 4.75. The van der Waals surface area contributed by atoms with Gasteiger partial charge < -0.3 is 20.0 Å². The van der Waals surface area contributed by atoms with Crippen LogP contribution in [0.5, 0.6) is 0 Å². The van der Waals surface area contributed by atoms with Crippen LogP contribution < -0.4 is 15.2 Å². The quantitative estimate of drug-likeness (QED) is 0.552. The molecule has 0 spiro atoms. The summed E-state index contributed by atoms with van der Waals surface area (Å²) in [4.78, 5) is 28.3. The van der Waals surface area contributed by atoms with E-state index >= 15 is 0 Å². The Hall–Kier alpha value is -1.09. The lowest BCUT2D eigenvalue weighted by atomic mass is 10.2. The van der Waals surface area contributed by atoms with E-state index in [0.717, 1.165) is 16.1 Å². The smallest absolute Gasteiger partial charge is 0.265 e. The van der Waals surface area contributed by atoms with Crippen LogP contribution in [0.4, 0.5) is 5.82 Å². The molecular formula is C12H18ClN4O4PS. The predicted octanol–water partition coefficient (Wildman–Crippen LogP) is 0.515. The highest BCUT2D eigenvalue weighted by Crippen LogP contribution is 2.30. The average Bonchev–Trinajstić information content (AvgIpc) is 2.73. The summed E-state index contributed by atoms with van der Waals surface area (Å²) in [6.45, 7) is 4.15. The molecule has 8 nitrogen and oxygen atoms in total. The van der Waals surface area contributed by atoms with Crippen molar-refractivity contribution in [2.24, 2.45) is 0 Å². The molecule has 128 valence electrons. The van der Waals surface area contributed by atoms with Gasteiger partial charge in [0, 0.05) is 19.5 Å². The van der Waals surface area contributed by atoms with Crippen LogP contribution in [0.25, 0.3) is 0 Å². The van der Waals surface area contributed by atoms with Gasteiger partial charge in [-0.1, -0.05) is 11.3 Å². The first kappa shape index (κ1) is 20.0. The Balaban J connectivity index is 0.00000264. The summed E-state index contributed by atoms with van der Waals surface area (Å²) in [5.41, 5.74) is 9.59. The van der Waals surface area contributed by atoms with Crippen LogP contribution in [0, 0.1) is 13.8 Å². The summed E-state index contributed by atoms with van der Waals surface area (Å²) < 4.78 is 16.9. The zero-order valence-electron chi connectivity index (χ0n) is 12.6. The fraction of sp³-hybridized carbons (Fsp3) is 0.417. The van der Waals surface area contributed by atoms with Gasteiger partial charge in [0.1, 0.15) is 11.6 Å². The van der Waals surface area contributed by atoms with Crippen molar-refractivity contribution in [3.8, 4) is 0 Å². The van der Waals surface area contributed by atoms with Gasteiger partial charge in [-0.25, -0.2) is 9.97 Å². The van der Waals surface area contributed by atoms with Gasteiger partial charge in [-0.2, -0.15) is 4.57 Å². The highest BCUT2D eigenvalue weighted by Gasteiger charge is 2.17. The molecule has 0 radical (unpaired) electrons. The number of aryl methyl sites for hydroxylation is 1. The summed E-state index contributed by atoms with van der Waals surface area (Å²) in [5, 5.41) is 0. The number of anilines is 1. The van der Waals surface area contributed by atoms with Gasteiger partial charge in [-0.05, 0) is 6.92 Å². The molecule has 0 aliphatic carbocycles. The summed E-state index contributed by atoms with van der Waals surface area (Å²) >= 11 is 1.48. The van der Waals surface area contributed by atoms with E-state index in [1.165, 1.54) is 11.3 Å². The van der Waals surface area contributed by atoms with Gasteiger partial charge in [0.15, 0.2) is 12.2 Å². The molecular weight excluding hydrogens is 363 g/mol.